The number of unbranched alkanes of at least 4 members (excludes halogenated alkanes) is 1. The summed E-state index contributed by atoms with van der Waals surface area (Å²) in [4.78, 5) is 0. The van der Waals surface area contributed by atoms with E-state index in [-0.39, 0.29) is 0 Å². The predicted octanol–water partition coefficient (Wildman–Crippen LogP) is 2.92. The van der Waals surface area contributed by atoms with Crippen molar-refractivity contribution in [3.8, 4) is 0 Å². The second-order valence-electron chi connectivity index (χ2n) is 1.97. The van der Waals surface area contributed by atoms with E-state index in [0.29, 0.717) is 12.8 Å². The van der Waals surface area contributed by atoms with Gasteiger partial charge in [-0.3, -0.25) is 0 Å². The third kappa shape index (κ3) is 4.10. The van der Waals surface area contributed by atoms with Crippen LogP contribution in [0.4, 0.5) is 4.39 Å². The van der Waals surface area contributed by atoms with Gasteiger partial charge in [0.05, 0.1) is 7.52 Å². The fourth-order valence-corrected chi connectivity index (χ4v) is 0.545. The average Bonchev–Trinajstić information content (AvgIpc) is 1.84. The van der Waals surface area contributed by atoms with Crippen LogP contribution in [0.2, 0.25) is 0 Å². The lowest BCUT2D eigenvalue weighted by Gasteiger charge is -2.00. The van der Waals surface area contributed by atoms with Crippen LogP contribution in [0.25, 0.3) is 0 Å². The molecule has 0 aliphatic carbocycles. The summed E-state index contributed by atoms with van der Waals surface area (Å²) in [5.74, 6) is 0. The first-order valence-electron chi connectivity index (χ1n) is 3.81. The minimum Gasteiger partial charge on any atom is -0.248 e. The van der Waals surface area contributed by atoms with E-state index in [1.165, 1.54) is 0 Å². The summed E-state index contributed by atoms with van der Waals surface area (Å²) in [5.41, 5.74) is 0. The first-order valence-corrected chi connectivity index (χ1v) is 3.31. The van der Waals surface area contributed by atoms with Crippen LogP contribution in [-0.4, -0.2) is 6.15 Å². The molecule has 0 fully saturated rings. The van der Waals surface area contributed by atoms with Crippen LogP contribution in [0.3, 0.4) is 0 Å². The van der Waals surface area contributed by atoms with E-state index in [0.717, 1.165) is 12.8 Å². The van der Waals surface area contributed by atoms with Crippen LogP contribution >= 0.6 is 0 Å². The minimum absolute atomic E-state index is 0.312. The largest absolute Gasteiger partial charge is 0.248 e. The van der Waals surface area contributed by atoms with Gasteiger partial charge in [-0.15, -0.1) is 0 Å². The summed E-state index contributed by atoms with van der Waals surface area (Å²) < 4.78 is 19.7. The minimum atomic E-state index is -1.66. The summed E-state index contributed by atoms with van der Waals surface area (Å²) in [6.45, 7) is 3.72. The summed E-state index contributed by atoms with van der Waals surface area (Å²) in [5, 5.41) is 0. The van der Waals surface area contributed by atoms with Crippen LogP contribution < -0.4 is 0 Å². The predicted molar refractivity (Wildman–Crippen MR) is 34.7 cm³/mol. The van der Waals surface area contributed by atoms with Crippen molar-refractivity contribution in [1.29, 1.82) is 0 Å². The first kappa shape index (κ1) is 6.06. The molecule has 0 bridgehead atoms. The smallest absolute Gasteiger partial charge is 0.0999 e. The van der Waals surface area contributed by atoms with E-state index in [2.05, 4.69) is 0 Å². The van der Waals surface area contributed by atoms with E-state index in [4.69, 9.17) is 1.37 Å². The first-order chi connectivity index (χ1) is 4.12. The molecule has 50 valence electrons. The Morgan fingerprint density at radius 1 is 1.62 bits per heavy atom. The van der Waals surface area contributed by atoms with Crippen molar-refractivity contribution in [2.45, 2.75) is 45.7 Å². The number of halogens is 1. The molecular formula is C7H15F. The highest BCUT2D eigenvalue weighted by atomic mass is 19.1. The summed E-state index contributed by atoms with van der Waals surface area (Å²) >= 11 is 0. The zero-order valence-corrected chi connectivity index (χ0v) is 5.71. The third-order valence-corrected chi connectivity index (χ3v) is 1.19. The van der Waals surface area contributed by atoms with Gasteiger partial charge in [0.25, 0.3) is 0 Å². The summed E-state index contributed by atoms with van der Waals surface area (Å²) in [6.07, 6.45) is 0.849. The van der Waals surface area contributed by atoms with Crippen molar-refractivity contribution < 1.29 is 5.76 Å². The molecule has 0 amide bonds. The number of alkyl halides is 1. The zero-order valence-electron chi connectivity index (χ0n) is 6.71. The lowest BCUT2D eigenvalue weighted by Crippen LogP contribution is -1.95. The molecular weight excluding hydrogens is 103 g/mol. The van der Waals surface area contributed by atoms with Crippen LogP contribution in [-0.2, 0) is 0 Å². The molecule has 0 rings (SSSR count). The van der Waals surface area contributed by atoms with Gasteiger partial charge >= 0.3 is 0 Å². The SMILES string of the molecule is [2H]C(F)(CC)CCCC. The van der Waals surface area contributed by atoms with Crippen LogP contribution in [0.15, 0.2) is 0 Å². The van der Waals surface area contributed by atoms with E-state index in [9.17, 15) is 4.39 Å². The van der Waals surface area contributed by atoms with Crippen LogP contribution in [0.5, 0.6) is 0 Å². The molecule has 1 unspecified atom stereocenters. The second kappa shape index (κ2) is 5.07. The monoisotopic (exact) mass is 119 g/mol. The van der Waals surface area contributed by atoms with Gasteiger partial charge in [-0.2, -0.15) is 0 Å². The van der Waals surface area contributed by atoms with E-state index in [1.54, 1.807) is 6.92 Å². The molecule has 0 nitrogen and oxygen atoms in total. The molecule has 0 spiro atoms. The lowest BCUT2D eigenvalue weighted by atomic mass is 10.1. The summed E-state index contributed by atoms with van der Waals surface area (Å²) in [7, 11) is 0. The van der Waals surface area contributed by atoms with Gasteiger partial charge in [0.15, 0.2) is 0 Å². The Bertz CT molecular complexity index is 71.3. The van der Waals surface area contributed by atoms with E-state index in [1.807, 2.05) is 6.92 Å². The van der Waals surface area contributed by atoms with Gasteiger partial charge < -0.3 is 0 Å². The molecule has 0 heterocycles. The van der Waals surface area contributed by atoms with Gasteiger partial charge in [-0.05, 0) is 12.8 Å². The van der Waals surface area contributed by atoms with Gasteiger partial charge in [-0.25, -0.2) is 4.39 Å². The molecule has 8 heavy (non-hydrogen) atoms. The maximum Gasteiger partial charge on any atom is 0.0999 e. The molecule has 0 aromatic heterocycles. The maximum absolute atomic E-state index is 12.7. The van der Waals surface area contributed by atoms with Crippen LogP contribution in [0.1, 0.15) is 40.9 Å². The lowest BCUT2D eigenvalue weighted by molar-refractivity contribution is 0.299. The molecule has 0 saturated carbocycles. The van der Waals surface area contributed by atoms with E-state index < -0.39 is 6.15 Å². The quantitative estimate of drug-likeness (QED) is 0.533. The van der Waals surface area contributed by atoms with Gasteiger partial charge in [0.2, 0.25) is 0 Å². The molecule has 0 aliphatic rings. The Hall–Kier alpha value is -0.0700. The average molecular weight is 119 g/mol. The number of hydrogen-bond donors (Lipinski definition) is 0. The molecule has 0 aliphatic heterocycles. The fraction of sp³-hybridized carbons (Fsp3) is 1.00. The molecule has 0 aromatic carbocycles. The van der Waals surface area contributed by atoms with Gasteiger partial charge in [0.1, 0.15) is 0 Å². The maximum atomic E-state index is 12.7. The fourth-order valence-electron chi connectivity index (χ4n) is 0.545. The van der Waals surface area contributed by atoms with Gasteiger partial charge in [-0.1, -0.05) is 26.7 Å². The third-order valence-electron chi connectivity index (χ3n) is 1.19. The van der Waals surface area contributed by atoms with Crippen molar-refractivity contribution in [3.05, 3.63) is 0 Å². The standard InChI is InChI=1S/C7H15F/c1-3-5-6-7(8)4-2/h7H,3-6H2,1-2H3/i7D. The Balaban J connectivity index is 3.33. The Kier molecular flexibility index (Phi) is 3.84. The molecule has 0 N–H and O–H groups in total. The van der Waals surface area contributed by atoms with Crippen molar-refractivity contribution in [3.63, 3.8) is 0 Å². The van der Waals surface area contributed by atoms with Crippen molar-refractivity contribution in [1.82, 2.24) is 0 Å². The number of rotatable bonds is 4. The molecule has 1 atom stereocenters. The normalized spacial score (nSPS) is 19.6. The zero-order chi connectivity index (χ0) is 7.33. The highest BCUT2D eigenvalue weighted by Gasteiger charge is 1.99. The van der Waals surface area contributed by atoms with Crippen molar-refractivity contribution in [2.75, 3.05) is 0 Å². The Morgan fingerprint density at radius 2 is 2.25 bits per heavy atom. The highest BCUT2D eigenvalue weighted by Crippen LogP contribution is 2.06. The van der Waals surface area contributed by atoms with Crippen molar-refractivity contribution >= 4 is 0 Å². The second-order valence-corrected chi connectivity index (χ2v) is 1.97. The molecule has 0 aromatic rings. The van der Waals surface area contributed by atoms with Crippen molar-refractivity contribution in [2.24, 2.45) is 0 Å². The molecule has 0 radical (unpaired) electrons. The Morgan fingerprint density at radius 3 is 2.62 bits per heavy atom. The molecule has 0 saturated heterocycles. The topological polar surface area (TPSA) is 0 Å². The molecule has 1 heteroatoms. The number of hydrogen-bond acceptors (Lipinski definition) is 0. The van der Waals surface area contributed by atoms with E-state index >= 15 is 0 Å². The highest BCUT2D eigenvalue weighted by molar-refractivity contribution is 4.50. The van der Waals surface area contributed by atoms with Crippen LogP contribution in [0, 0.1) is 0 Å². The van der Waals surface area contributed by atoms with Gasteiger partial charge in [0, 0.05) is 0 Å². The Labute approximate surface area is 52.5 Å². The summed E-state index contributed by atoms with van der Waals surface area (Å²) in [6, 6.07) is 0.